The van der Waals surface area contributed by atoms with Gasteiger partial charge in [-0.2, -0.15) is 0 Å². The van der Waals surface area contributed by atoms with Gasteiger partial charge in [-0.05, 0) is 60.9 Å². The molecule has 0 aliphatic carbocycles. The molecule has 0 atom stereocenters. The summed E-state index contributed by atoms with van der Waals surface area (Å²) in [5, 5.41) is 4.17. The topological polar surface area (TPSA) is 57.8 Å². The number of carbonyl (C=O) groups is 1. The molecule has 4 aromatic rings. The van der Waals surface area contributed by atoms with E-state index in [0.717, 1.165) is 38.4 Å². The lowest BCUT2D eigenvalue weighted by atomic mass is 10.1. The van der Waals surface area contributed by atoms with Gasteiger partial charge in [-0.1, -0.05) is 36.0 Å². The molecule has 0 saturated heterocycles. The minimum absolute atomic E-state index is 0.0450. The largest absolute Gasteiger partial charge is 0.352 e. The number of benzene rings is 2. The molecule has 4 rings (SSSR count). The smallest absolute Gasteiger partial charge is 0.252 e. The Labute approximate surface area is 168 Å². The van der Waals surface area contributed by atoms with Gasteiger partial charge < -0.3 is 10.3 Å². The summed E-state index contributed by atoms with van der Waals surface area (Å²) in [5.74, 6) is -0.0450. The number of fused-ring (bicyclic) bond motifs is 1. The van der Waals surface area contributed by atoms with Crippen molar-refractivity contribution in [2.45, 2.75) is 23.1 Å². The molecule has 0 fully saturated rings. The zero-order valence-electron chi connectivity index (χ0n) is 15.6. The van der Waals surface area contributed by atoms with Crippen molar-refractivity contribution in [3.63, 3.8) is 0 Å². The van der Waals surface area contributed by atoms with Crippen molar-refractivity contribution in [2.75, 3.05) is 6.54 Å². The minimum atomic E-state index is -0.0450. The molecule has 2 heterocycles. The van der Waals surface area contributed by atoms with Crippen LogP contribution in [0.25, 0.3) is 11.0 Å². The van der Waals surface area contributed by atoms with Crippen molar-refractivity contribution in [1.82, 2.24) is 15.3 Å². The zero-order valence-corrected chi connectivity index (χ0v) is 16.4. The van der Waals surface area contributed by atoms with Gasteiger partial charge in [0, 0.05) is 34.1 Å². The Hall–Kier alpha value is -3.05. The van der Waals surface area contributed by atoms with E-state index in [0.29, 0.717) is 12.1 Å². The quantitative estimate of drug-likeness (QED) is 0.490. The number of nitrogens with zero attached hydrogens (tertiary/aromatic N) is 1. The first-order valence-electron chi connectivity index (χ1n) is 9.23. The highest BCUT2D eigenvalue weighted by Crippen LogP contribution is 2.31. The summed E-state index contributed by atoms with van der Waals surface area (Å²) in [6, 6.07) is 20.1. The van der Waals surface area contributed by atoms with Crippen LogP contribution < -0.4 is 5.32 Å². The first-order chi connectivity index (χ1) is 13.7. The van der Waals surface area contributed by atoms with Gasteiger partial charge in [0.15, 0.2) is 0 Å². The fourth-order valence-electron chi connectivity index (χ4n) is 3.14. The normalized spacial score (nSPS) is 10.9. The summed E-state index contributed by atoms with van der Waals surface area (Å²) in [5.41, 5.74) is 3.89. The van der Waals surface area contributed by atoms with Gasteiger partial charge >= 0.3 is 0 Å². The second-order valence-corrected chi connectivity index (χ2v) is 7.75. The fraction of sp³-hybridized carbons (Fsp3) is 0.130. The molecule has 1 amide bonds. The van der Waals surface area contributed by atoms with Gasteiger partial charge in [-0.3, -0.25) is 4.79 Å². The number of aryl methyl sites for hydroxylation is 1. The van der Waals surface area contributed by atoms with Crippen LogP contribution in [0.15, 0.2) is 82.8 Å². The van der Waals surface area contributed by atoms with Crippen LogP contribution in [-0.2, 0) is 6.42 Å². The van der Waals surface area contributed by atoms with E-state index in [2.05, 4.69) is 33.5 Å². The molecule has 2 aromatic carbocycles. The highest BCUT2D eigenvalue weighted by atomic mass is 32.2. The summed E-state index contributed by atoms with van der Waals surface area (Å²) < 4.78 is 0. The highest BCUT2D eigenvalue weighted by Gasteiger charge is 2.13. The summed E-state index contributed by atoms with van der Waals surface area (Å²) >= 11 is 1.62. The maximum absolute atomic E-state index is 12.8. The molecule has 2 aromatic heterocycles. The van der Waals surface area contributed by atoms with Crippen LogP contribution in [0.4, 0.5) is 0 Å². The lowest BCUT2D eigenvalue weighted by molar-refractivity contribution is 0.0951. The van der Waals surface area contributed by atoms with Crippen LogP contribution in [0.3, 0.4) is 0 Å². The predicted molar refractivity (Wildman–Crippen MR) is 114 cm³/mol. The Morgan fingerprint density at radius 3 is 2.82 bits per heavy atom. The predicted octanol–water partition coefficient (Wildman–Crippen LogP) is 5.00. The molecule has 0 spiro atoms. The van der Waals surface area contributed by atoms with Crippen LogP contribution in [0.1, 0.15) is 21.5 Å². The molecule has 4 nitrogen and oxygen atoms in total. The van der Waals surface area contributed by atoms with Gasteiger partial charge in [0.1, 0.15) is 5.65 Å². The number of aromatic amines is 1. The molecule has 2 N–H and O–H groups in total. The molecule has 0 aliphatic rings. The Morgan fingerprint density at radius 2 is 1.96 bits per heavy atom. The maximum atomic E-state index is 12.8. The molecule has 5 heteroatoms. The number of hydrogen-bond acceptors (Lipinski definition) is 3. The monoisotopic (exact) mass is 387 g/mol. The average molecular weight is 388 g/mol. The Kier molecular flexibility index (Phi) is 5.44. The third-order valence-corrected chi connectivity index (χ3v) is 5.63. The number of hydrogen-bond donors (Lipinski definition) is 2. The average Bonchev–Trinajstić information content (AvgIpc) is 3.12. The lowest BCUT2D eigenvalue weighted by Crippen LogP contribution is -2.26. The van der Waals surface area contributed by atoms with E-state index in [1.165, 1.54) is 0 Å². The lowest BCUT2D eigenvalue weighted by Gasteiger charge is -2.11. The van der Waals surface area contributed by atoms with E-state index in [1.807, 2.05) is 55.6 Å². The van der Waals surface area contributed by atoms with Gasteiger partial charge in [-0.15, -0.1) is 0 Å². The van der Waals surface area contributed by atoms with Crippen molar-refractivity contribution >= 4 is 28.7 Å². The van der Waals surface area contributed by atoms with Gasteiger partial charge in [0.25, 0.3) is 5.91 Å². The van der Waals surface area contributed by atoms with Crippen molar-refractivity contribution in [2.24, 2.45) is 0 Å². The second kappa shape index (κ2) is 8.31. The van der Waals surface area contributed by atoms with E-state index in [4.69, 9.17) is 0 Å². The van der Waals surface area contributed by atoms with E-state index in [1.54, 1.807) is 18.0 Å². The maximum Gasteiger partial charge on any atom is 0.252 e. The Morgan fingerprint density at radius 1 is 1.11 bits per heavy atom. The number of H-pyrrole nitrogens is 1. The van der Waals surface area contributed by atoms with Gasteiger partial charge in [-0.25, -0.2) is 4.98 Å². The standard InChI is InChI=1S/C23H21N3OS/c1-16-9-10-20(21(14-16)28-18-6-3-2-4-7-18)23(27)25-13-11-17-15-26-22-19(17)8-5-12-24-22/h2-10,12,14-15H,11,13H2,1H3,(H,24,26)(H,25,27). The van der Waals surface area contributed by atoms with Crippen LogP contribution in [0.5, 0.6) is 0 Å². The summed E-state index contributed by atoms with van der Waals surface area (Å²) in [4.78, 5) is 22.4. The number of aromatic nitrogens is 2. The molecule has 0 aliphatic heterocycles. The molecule has 0 bridgehead atoms. The van der Waals surface area contributed by atoms with Crippen molar-refractivity contribution in [1.29, 1.82) is 0 Å². The molecular formula is C23H21N3OS. The number of carbonyl (C=O) groups excluding carboxylic acids is 1. The number of amides is 1. The zero-order chi connectivity index (χ0) is 19.3. The fourth-order valence-corrected chi connectivity index (χ4v) is 4.21. The summed E-state index contributed by atoms with van der Waals surface area (Å²) in [6.07, 6.45) is 4.49. The van der Waals surface area contributed by atoms with Crippen molar-refractivity contribution in [3.8, 4) is 0 Å². The van der Waals surface area contributed by atoms with E-state index >= 15 is 0 Å². The third-order valence-electron chi connectivity index (χ3n) is 4.57. The minimum Gasteiger partial charge on any atom is -0.352 e. The van der Waals surface area contributed by atoms with Crippen molar-refractivity contribution in [3.05, 3.63) is 89.7 Å². The second-order valence-electron chi connectivity index (χ2n) is 6.63. The molecule has 0 saturated carbocycles. The van der Waals surface area contributed by atoms with Gasteiger partial charge in [0.05, 0.1) is 5.56 Å². The van der Waals surface area contributed by atoms with E-state index < -0.39 is 0 Å². The number of nitrogens with one attached hydrogen (secondary N) is 2. The van der Waals surface area contributed by atoms with Crippen LogP contribution in [0, 0.1) is 6.92 Å². The number of pyridine rings is 1. The number of rotatable bonds is 6. The van der Waals surface area contributed by atoms with Gasteiger partial charge in [0.2, 0.25) is 0 Å². The Balaban J connectivity index is 1.46. The molecule has 140 valence electrons. The van der Waals surface area contributed by atoms with Crippen LogP contribution in [-0.4, -0.2) is 22.4 Å². The van der Waals surface area contributed by atoms with E-state index in [-0.39, 0.29) is 5.91 Å². The first kappa shape index (κ1) is 18.3. The van der Waals surface area contributed by atoms with Crippen molar-refractivity contribution < 1.29 is 4.79 Å². The SMILES string of the molecule is Cc1ccc(C(=O)NCCc2c[nH]c3ncccc23)c(Sc2ccccc2)c1. The highest BCUT2D eigenvalue weighted by molar-refractivity contribution is 7.99. The third kappa shape index (κ3) is 4.10. The molecule has 0 radical (unpaired) electrons. The first-order valence-corrected chi connectivity index (χ1v) is 10.0. The van der Waals surface area contributed by atoms with E-state index in [9.17, 15) is 4.79 Å². The van der Waals surface area contributed by atoms with Crippen LogP contribution in [0.2, 0.25) is 0 Å². The summed E-state index contributed by atoms with van der Waals surface area (Å²) in [7, 11) is 0. The van der Waals surface area contributed by atoms with Crippen LogP contribution >= 0.6 is 11.8 Å². The molecule has 0 unspecified atom stereocenters. The molecule has 28 heavy (non-hydrogen) atoms. The summed E-state index contributed by atoms with van der Waals surface area (Å²) in [6.45, 7) is 2.62. The Bertz CT molecular complexity index is 1110. The molecular weight excluding hydrogens is 366 g/mol.